The molecule has 0 amide bonds. The van der Waals surface area contributed by atoms with Crippen molar-refractivity contribution in [2.24, 2.45) is 5.73 Å². The van der Waals surface area contributed by atoms with Gasteiger partial charge in [0.25, 0.3) is 0 Å². The van der Waals surface area contributed by atoms with Gasteiger partial charge in [-0.15, -0.1) is 0 Å². The van der Waals surface area contributed by atoms with Crippen molar-refractivity contribution in [3.05, 3.63) is 46.7 Å². The molecular formula is C14H16BrN3S. The highest BCUT2D eigenvalue weighted by Crippen LogP contribution is 2.30. The molecule has 0 radical (unpaired) electrons. The first-order valence-electron chi connectivity index (χ1n) is 6.18. The van der Waals surface area contributed by atoms with Crippen molar-refractivity contribution in [2.75, 3.05) is 0 Å². The van der Waals surface area contributed by atoms with Crippen molar-refractivity contribution in [3.8, 4) is 0 Å². The zero-order valence-electron chi connectivity index (χ0n) is 10.7. The fourth-order valence-corrected chi connectivity index (χ4v) is 2.82. The van der Waals surface area contributed by atoms with E-state index >= 15 is 0 Å². The number of nitrogens with zero attached hydrogens (tertiary/aromatic N) is 2. The average Bonchev–Trinajstić information content (AvgIpc) is 2.43. The highest BCUT2D eigenvalue weighted by Gasteiger charge is 2.06. The van der Waals surface area contributed by atoms with Crippen molar-refractivity contribution < 1.29 is 0 Å². The lowest BCUT2D eigenvalue weighted by atomic mass is 10.1. The normalized spacial score (nSPS) is 12.4. The smallest absolute Gasteiger partial charge is 0.192 e. The van der Waals surface area contributed by atoms with E-state index in [-0.39, 0.29) is 6.04 Å². The van der Waals surface area contributed by atoms with E-state index in [1.807, 2.05) is 36.7 Å². The molecular weight excluding hydrogens is 322 g/mol. The molecule has 1 heterocycles. The minimum absolute atomic E-state index is 0.186. The summed E-state index contributed by atoms with van der Waals surface area (Å²) in [6.07, 6.45) is 5.52. The van der Waals surface area contributed by atoms with E-state index in [1.54, 1.807) is 11.8 Å². The minimum Gasteiger partial charge on any atom is -0.327 e. The highest BCUT2D eigenvalue weighted by molar-refractivity contribution is 9.10. The molecule has 0 aliphatic carbocycles. The monoisotopic (exact) mass is 337 g/mol. The molecule has 0 spiro atoms. The molecule has 2 aromatic rings. The molecule has 100 valence electrons. The van der Waals surface area contributed by atoms with Crippen molar-refractivity contribution >= 4 is 27.7 Å². The fourth-order valence-electron chi connectivity index (χ4n) is 1.57. The van der Waals surface area contributed by atoms with Gasteiger partial charge in [0.1, 0.15) is 0 Å². The van der Waals surface area contributed by atoms with Crippen LogP contribution in [-0.4, -0.2) is 16.0 Å². The van der Waals surface area contributed by atoms with Gasteiger partial charge >= 0.3 is 0 Å². The summed E-state index contributed by atoms with van der Waals surface area (Å²) in [7, 11) is 0. The van der Waals surface area contributed by atoms with E-state index in [2.05, 4.69) is 32.8 Å². The van der Waals surface area contributed by atoms with Gasteiger partial charge in [0.2, 0.25) is 0 Å². The SMILES string of the molecule is CCC(N)Cc1cnc(Sc2ccccc2Br)nc1. The van der Waals surface area contributed by atoms with Crippen molar-refractivity contribution in [1.82, 2.24) is 9.97 Å². The van der Waals surface area contributed by atoms with Gasteiger partial charge in [0.15, 0.2) is 5.16 Å². The standard InChI is InChI=1S/C14H16BrN3S/c1-2-11(16)7-10-8-17-14(18-9-10)19-13-6-4-3-5-12(13)15/h3-6,8-9,11H,2,7,16H2,1H3. The maximum Gasteiger partial charge on any atom is 0.192 e. The molecule has 2 rings (SSSR count). The summed E-state index contributed by atoms with van der Waals surface area (Å²) in [6.45, 7) is 2.09. The third-order valence-corrected chi connectivity index (χ3v) is 4.67. The number of hydrogen-bond acceptors (Lipinski definition) is 4. The molecule has 0 aliphatic heterocycles. The summed E-state index contributed by atoms with van der Waals surface area (Å²) in [4.78, 5) is 9.87. The summed E-state index contributed by atoms with van der Waals surface area (Å²) in [5.74, 6) is 0. The van der Waals surface area contributed by atoms with Gasteiger partial charge in [-0.25, -0.2) is 9.97 Å². The summed E-state index contributed by atoms with van der Waals surface area (Å²) >= 11 is 5.06. The van der Waals surface area contributed by atoms with Crippen LogP contribution in [0.1, 0.15) is 18.9 Å². The lowest BCUT2D eigenvalue weighted by molar-refractivity contribution is 0.641. The van der Waals surface area contributed by atoms with E-state index in [9.17, 15) is 0 Å². The lowest BCUT2D eigenvalue weighted by Gasteiger charge is -2.08. The molecule has 0 saturated heterocycles. The number of aromatic nitrogens is 2. The van der Waals surface area contributed by atoms with Crippen LogP contribution in [0.25, 0.3) is 0 Å². The summed E-state index contributed by atoms with van der Waals surface area (Å²) in [6, 6.07) is 8.23. The van der Waals surface area contributed by atoms with Crippen LogP contribution in [0.5, 0.6) is 0 Å². The predicted molar refractivity (Wildman–Crippen MR) is 82.3 cm³/mol. The maximum atomic E-state index is 5.92. The van der Waals surface area contributed by atoms with Gasteiger partial charge in [-0.1, -0.05) is 19.1 Å². The third kappa shape index (κ3) is 4.30. The molecule has 0 fully saturated rings. The molecule has 0 bridgehead atoms. The van der Waals surface area contributed by atoms with Gasteiger partial charge in [-0.05, 0) is 58.2 Å². The molecule has 19 heavy (non-hydrogen) atoms. The van der Waals surface area contributed by atoms with E-state index in [0.717, 1.165) is 32.9 Å². The zero-order valence-corrected chi connectivity index (χ0v) is 13.1. The first kappa shape index (κ1) is 14.5. The Morgan fingerprint density at radius 1 is 1.26 bits per heavy atom. The molecule has 0 saturated carbocycles. The Balaban J connectivity index is 2.05. The molecule has 5 heteroatoms. The second-order valence-corrected chi connectivity index (χ2v) is 6.14. The zero-order chi connectivity index (χ0) is 13.7. The molecule has 0 aliphatic rings. The number of rotatable bonds is 5. The number of halogens is 1. The Bertz CT molecular complexity index is 530. The number of benzene rings is 1. The first-order chi connectivity index (χ1) is 9.19. The Hall–Kier alpha value is -0.910. The molecule has 1 atom stereocenters. The van der Waals surface area contributed by atoms with Crippen molar-refractivity contribution in [2.45, 2.75) is 35.9 Å². The van der Waals surface area contributed by atoms with Gasteiger partial charge in [0.05, 0.1) is 0 Å². The Morgan fingerprint density at radius 3 is 2.58 bits per heavy atom. The summed E-state index contributed by atoms with van der Waals surface area (Å²) in [5.41, 5.74) is 7.01. The van der Waals surface area contributed by atoms with E-state index in [4.69, 9.17) is 5.73 Å². The summed E-state index contributed by atoms with van der Waals surface area (Å²) < 4.78 is 1.06. The third-order valence-electron chi connectivity index (χ3n) is 2.74. The van der Waals surface area contributed by atoms with Crippen LogP contribution in [0.4, 0.5) is 0 Å². The second kappa shape index (κ2) is 7.03. The quantitative estimate of drug-likeness (QED) is 0.845. The maximum absolute atomic E-state index is 5.92. The Morgan fingerprint density at radius 2 is 1.95 bits per heavy atom. The second-order valence-electron chi connectivity index (χ2n) is 4.28. The van der Waals surface area contributed by atoms with Crippen molar-refractivity contribution in [3.63, 3.8) is 0 Å². The minimum atomic E-state index is 0.186. The van der Waals surface area contributed by atoms with E-state index in [1.165, 1.54) is 0 Å². The molecule has 1 unspecified atom stereocenters. The van der Waals surface area contributed by atoms with Crippen LogP contribution in [0.15, 0.2) is 51.2 Å². The van der Waals surface area contributed by atoms with Gasteiger partial charge in [0, 0.05) is 27.8 Å². The van der Waals surface area contributed by atoms with Crippen molar-refractivity contribution in [1.29, 1.82) is 0 Å². The Labute approximate surface area is 126 Å². The number of hydrogen-bond donors (Lipinski definition) is 1. The van der Waals surface area contributed by atoms with Crippen LogP contribution in [0.3, 0.4) is 0 Å². The first-order valence-corrected chi connectivity index (χ1v) is 7.79. The van der Waals surface area contributed by atoms with Gasteiger partial charge in [-0.3, -0.25) is 0 Å². The van der Waals surface area contributed by atoms with Crippen LogP contribution >= 0.6 is 27.7 Å². The van der Waals surface area contributed by atoms with Crippen LogP contribution < -0.4 is 5.73 Å². The van der Waals surface area contributed by atoms with E-state index in [0.29, 0.717) is 0 Å². The van der Waals surface area contributed by atoms with Crippen LogP contribution in [-0.2, 0) is 6.42 Å². The van der Waals surface area contributed by atoms with Gasteiger partial charge < -0.3 is 5.73 Å². The van der Waals surface area contributed by atoms with Crippen LogP contribution in [0.2, 0.25) is 0 Å². The predicted octanol–water partition coefficient (Wildman–Crippen LogP) is 3.67. The van der Waals surface area contributed by atoms with Gasteiger partial charge in [-0.2, -0.15) is 0 Å². The van der Waals surface area contributed by atoms with Crippen LogP contribution in [0, 0.1) is 0 Å². The topological polar surface area (TPSA) is 51.8 Å². The van der Waals surface area contributed by atoms with E-state index < -0.39 is 0 Å². The lowest BCUT2D eigenvalue weighted by Crippen LogP contribution is -2.21. The molecule has 3 nitrogen and oxygen atoms in total. The Kier molecular flexibility index (Phi) is 5.36. The average molecular weight is 338 g/mol. The number of nitrogens with two attached hydrogens (primary N) is 1. The molecule has 1 aromatic heterocycles. The summed E-state index contributed by atoms with van der Waals surface area (Å²) in [5, 5.41) is 0.751. The fraction of sp³-hybridized carbons (Fsp3) is 0.286. The molecule has 1 aromatic carbocycles. The molecule has 2 N–H and O–H groups in total. The largest absolute Gasteiger partial charge is 0.327 e. The highest BCUT2D eigenvalue weighted by atomic mass is 79.9.